The first-order valence-corrected chi connectivity index (χ1v) is 9.60. The Labute approximate surface area is 178 Å². The number of hydrogen-bond donors (Lipinski definition) is 1. The molecule has 2 aromatic carbocycles. The van der Waals surface area contributed by atoms with Crippen LogP contribution in [0.3, 0.4) is 0 Å². The van der Waals surface area contributed by atoms with Crippen LogP contribution in [-0.4, -0.2) is 20.7 Å². The number of nitriles is 1. The van der Waals surface area contributed by atoms with E-state index in [4.69, 9.17) is 5.26 Å². The van der Waals surface area contributed by atoms with Gasteiger partial charge in [-0.3, -0.25) is 9.78 Å². The molecule has 0 bridgehead atoms. The van der Waals surface area contributed by atoms with Gasteiger partial charge < -0.3 is 5.32 Å². The van der Waals surface area contributed by atoms with Crippen molar-refractivity contribution in [1.29, 1.82) is 5.26 Å². The number of benzene rings is 2. The summed E-state index contributed by atoms with van der Waals surface area (Å²) in [6.45, 7) is 1.93. The standard InChI is InChI=1S/C24H18FN5O/c1-16-12-17(5-6-18(16)14-26)22-9-11-30(29-22)20-8-7-19(21(25)13-20)15-28-24(31)23-4-2-3-10-27-23/h2-13H,15H2,1H3,(H,28,31). The van der Waals surface area contributed by atoms with Crippen LogP contribution in [0.5, 0.6) is 0 Å². The summed E-state index contributed by atoms with van der Waals surface area (Å²) in [4.78, 5) is 16.1. The SMILES string of the molecule is Cc1cc(-c2ccn(-c3ccc(CNC(=O)c4ccccn4)c(F)c3)n2)ccc1C#N. The minimum Gasteiger partial charge on any atom is -0.347 e. The summed E-state index contributed by atoms with van der Waals surface area (Å²) < 4.78 is 16.2. The smallest absolute Gasteiger partial charge is 0.270 e. The topological polar surface area (TPSA) is 83.6 Å². The number of carbonyl (C=O) groups is 1. The molecule has 0 spiro atoms. The van der Waals surface area contributed by atoms with Crippen molar-refractivity contribution in [3.63, 3.8) is 0 Å². The molecule has 0 aliphatic carbocycles. The number of aryl methyl sites for hydroxylation is 1. The Hall–Kier alpha value is -4.31. The van der Waals surface area contributed by atoms with Crippen LogP contribution in [0.1, 0.15) is 27.2 Å². The van der Waals surface area contributed by atoms with Crippen LogP contribution < -0.4 is 5.32 Å². The second-order valence-corrected chi connectivity index (χ2v) is 6.96. The van der Waals surface area contributed by atoms with Crippen molar-refractivity contribution in [2.24, 2.45) is 0 Å². The van der Waals surface area contributed by atoms with Crippen LogP contribution in [0.4, 0.5) is 4.39 Å². The lowest BCUT2D eigenvalue weighted by Gasteiger charge is -2.08. The Morgan fingerprint density at radius 1 is 1.16 bits per heavy atom. The fourth-order valence-corrected chi connectivity index (χ4v) is 3.16. The fraction of sp³-hybridized carbons (Fsp3) is 0.0833. The number of rotatable bonds is 5. The molecule has 0 fully saturated rings. The van der Waals surface area contributed by atoms with Gasteiger partial charge in [-0.05, 0) is 55.0 Å². The van der Waals surface area contributed by atoms with Crippen molar-refractivity contribution < 1.29 is 9.18 Å². The highest BCUT2D eigenvalue weighted by Crippen LogP contribution is 2.22. The van der Waals surface area contributed by atoms with Gasteiger partial charge in [0, 0.05) is 30.1 Å². The fourth-order valence-electron chi connectivity index (χ4n) is 3.16. The maximum Gasteiger partial charge on any atom is 0.270 e. The Morgan fingerprint density at radius 3 is 2.74 bits per heavy atom. The molecule has 0 radical (unpaired) electrons. The summed E-state index contributed by atoms with van der Waals surface area (Å²) in [5, 5.41) is 16.3. The molecule has 31 heavy (non-hydrogen) atoms. The third-order valence-corrected chi connectivity index (χ3v) is 4.87. The predicted octanol–water partition coefficient (Wildman–Crippen LogP) is 4.18. The summed E-state index contributed by atoms with van der Waals surface area (Å²) in [5.74, 6) is -0.802. The Balaban J connectivity index is 1.49. The summed E-state index contributed by atoms with van der Waals surface area (Å²) >= 11 is 0. The van der Waals surface area contributed by atoms with Gasteiger partial charge in [-0.25, -0.2) is 9.07 Å². The molecular formula is C24H18FN5O. The van der Waals surface area contributed by atoms with E-state index in [-0.39, 0.29) is 18.1 Å². The lowest BCUT2D eigenvalue weighted by Crippen LogP contribution is -2.24. The van der Waals surface area contributed by atoms with Crippen LogP contribution in [-0.2, 0) is 6.54 Å². The molecule has 0 saturated heterocycles. The first-order chi connectivity index (χ1) is 15.0. The Morgan fingerprint density at radius 2 is 2.03 bits per heavy atom. The lowest BCUT2D eigenvalue weighted by atomic mass is 10.0. The second-order valence-electron chi connectivity index (χ2n) is 6.96. The van der Waals surface area contributed by atoms with E-state index in [1.165, 1.54) is 12.3 Å². The Bertz CT molecular complexity index is 1290. The van der Waals surface area contributed by atoms with Gasteiger partial charge in [-0.1, -0.05) is 18.2 Å². The number of carbonyl (C=O) groups excluding carboxylic acids is 1. The number of halogens is 1. The van der Waals surface area contributed by atoms with E-state index in [0.29, 0.717) is 16.8 Å². The molecule has 7 heteroatoms. The molecule has 4 rings (SSSR count). The van der Waals surface area contributed by atoms with E-state index in [2.05, 4.69) is 21.5 Å². The molecule has 0 saturated carbocycles. The summed E-state index contributed by atoms with van der Waals surface area (Å²) in [7, 11) is 0. The van der Waals surface area contributed by atoms with Gasteiger partial charge in [0.15, 0.2) is 0 Å². The number of nitrogens with one attached hydrogen (secondary N) is 1. The zero-order chi connectivity index (χ0) is 21.8. The maximum absolute atomic E-state index is 14.6. The molecule has 2 heterocycles. The minimum atomic E-state index is -0.440. The molecule has 1 amide bonds. The normalized spacial score (nSPS) is 10.5. The number of nitrogens with zero attached hydrogens (tertiary/aromatic N) is 4. The van der Waals surface area contributed by atoms with E-state index < -0.39 is 5.82 Å². The number of pyridine rings is 1. The van der Waals surface area contributed by atoms with Crippen LogP contribution in [0.2, 0.25) is 0 Å². The molecule has 2 aromatic heterocycles. The van der Waals surface area contributed by atoms with Crippen LogP contribution in [0.15, 0.2) is 73.1 Å². The molecule has 0 aliphatic rings. The molecular weight excluding hydrogens is 393 g/mol. The monoisotopic (exact) mass is 411 g/mol. The quantitative estimate of drug-likeness (QED) is 0.534. The van der Waals surface area contributed by atoms with Crippen molar-refractivity contribution in [2.45, 2.75) is 13.5 Å². The van der Waals surface area contributed by atoms with Crippen LogP contribution >= 0.6 is 0 Å². The Kier molecular flexibility index (Phi) is 5.54. The second kappa shape index (κ2) is 8.59. The number of aromatic nitrogens is 3. The summed E-state index contributed by atoms with van der Waals surface area (Å²) in [6, 6.07) is 19.3. The molecule has 1 N–H and O–H groups in total. The van der Waals surface area contributed by atoms with E-state index in [0.717, 1.165) is 16.8 Å². The van der Waals surface area contributed by atoms with Crippen molar-refractivity contribution in [1.82, 2.24) is 20.1 Å². The summed E-state index contributed by atoms with van der Waals surface area (Å²) in [6.07, 6.45) is 3.28. The van der Waals surface area contributed by atoms with E-state index >= 15 is 0 Å². The van der Waals surface area contributed by atoms with Gasteiger partial charge in [-0.2, -0.15) is 10.4 Å². The van der Waals surface area contributed by atoms with Crippen molar-refractivity contribution in [3.8, 4) is 23.0 Å². The third kappa shape index (κ3) is 4.33. The van der Waals surface area contributed by atoms with E-state index in [9.17, 15) is 9.18 Å². The number of hydrogen-bond acceptors (Lipinski definition) is 4. The first kappa shape index (κ1) is 20.0. The van der Waals surface area contributed by atoms with Crippen LogP contribution in [0.25, 0.3) is 16.9 Å². The van der Waals surface area contributed by atoms with Gasteiger partial charge >= 0.3 is 0 Å². The highest BCUT2D eigenvalue weighted by Gasteiger charge is 2.11. The molecule has 0 aliphatic heterocycles. The highest BCUT2D eigenvalue weighted by atomic mass is 19.1. The predicted molar refractivity (Wildman–Crippen MR) is 114 cm³/mol. The van der Waals surface area contributed by atoms with Crippen molar-refractivity contribution in [3.05, 3.63) is 101 Å². The summed E-state index contributed by atoms with van der Waals surface area (Å²) in [5.41, 5.74) is 4.30. The van der Waals surface area contributed by atoms with E-state index in [1.807, 2.05) is 25.1 Å². The van der Waals surface area contributed by atoms with Gasteiger partial charge in [0.2, 0.25) is 0 Å². The van der Waals surface area contributed by atoms with Gasteiger partial charge in [0.05, 0.1) is 23.0 Å². The third-order valence-electron chi connectivity index (χ3n) is 4.87. The van der Waals surface area contributed by atoms with Crippen molar-refractivity contribution >= 4 is 5.91 Å². The van der Waals surface area contributed by atoms with Crippen molar-refractivity contribution in [2.75, 3.05) is 0 Å². The average Bonchev–Trinajstić information content (AvgIpc) is 3.29. The lowest BCUT2D eigenvalue weighted by molar-refractivity contribution is 0.0945. The zero-order valence-electron chi connectivity index (χ0n) is 16.7. The van der Waals surface area contributed by atoms with E-state index in [1.54, 1.807) is 47.3 Å². The minimum absolute atomic E-state index is 0.0520. The van der Waals surface area contributed by atoms with Gasteiger partial charge in [0.25, 0.3) is 5.91 Å². The zero-order valence-corrected chi connectivity index (χ0v) is 16.7. The molecule has 6 nitrogen and oxygen atoms in total. The number of amides is 1. The molecule has 4 aromatic rings. The molecule has 0 unspecified atom stereocenters. The average molecular weight is 411 g/mol. The highest BCUT2D eigenvalue weighted by molar-refractivity contribution is 5.92. The van der Waals surface area contributed by atoms with Gasteiger partial charge in [-0.15, -0.1) is 0 Å². The first-order valence-electron chi connectivity index (χ1n) is 9.60. The molecule has 0 atom stereocenters. The van der Waals surface area contributed by atoms with Crippen LogP contribution in [0, 0.1) is 24.1 Å². The largest absolute Gasteiger partial charge is 0.347 e. The molecule has 152 valence electrons. The maximum atomic E-state index is 14.6. The van der Waals surface area contributed by atoms with Gasteiger partial charge in [0.1, 0.15) is 11.5 Å².